The van der Waals surface area contributed by atoms with Gasteiger partial charge in [0, 0.05) is 30.3 Å². The second-order valence-corrected chi connectivity index (χ2v) is 8.94. The van der Waals surface area contributed by atoms with Gasteiger partial charge in [-0.25, -0.2) is 13.2 Å². The Morgan fingerprint density at radius 3 is 2.87 bits per heavy atom. The summed E-state index contributed by atoms with van der Waals surface area (Å²) in [6, 6.07) is 11.3. The Morgan fingerprint density at radius 1 is 1.07 bits per heavy atom. The maximum absolute atomic E-state index is 12.9. The number of nitrogens with zero attached hydrogens (tertiary/aromatic N) is 3. The number of H-pyrrole nitrogens is 1. The highest BCUT2D eigenvalue weighted by Crippen LogP contribution is 2.26. The molecule has 2 aromatic heterocycles. The number of oxazole rings is 1. The second-order valence-electron chi connectivity index (χ2n) is 7.26. The van der Waals surface area contributed by atoms with E-state index in [1.54, 1.807) is 18.2 Å². The number of sulfonamides is 1. The number of anilines is 1. The van der Waals surface area contributed by atoms with Gasteiger partial charge in [0.25, 0.3) is 10.0 Å². The molecule has 0 radical (unpaired) electrons. The summed E-state index contributed by atoms with van der Waals surface area (Å²) in [6.45, 7) is 0.857. The van der Waals surface area contributed by atoms with E-state index in [4.69, 9.17) is 4.42 Å². The van der Waals surface area contributed by atoms with Crippen LogP contribution in [0.1, 0.15) is 25.1 Å². The number of aryl methyl sites for hydroxylation is 1. The van der Waals surface area contributed by atoms with Gasteiger partial charge in [0.05, 0.1) is 10.4 Å². The number of hydrogen-bond acceptors (Lipinski definition) is 6. The molecule has 1 aliphatic heterocycles. The van der Waals surface area contributed by atoms with E-state index in [1.165, 1.54) is 18.2 Å². The first-order valence-electron chi connectivity index (χ1n) is 9.68. The van der Waals surface area contributed by atoms with Gasteiger partial charge >= 0.3 is 5.76 Å². The van der Waals surface area contributed by atoms with Gasteiger partial charge in [-0.1, -0.05) is 18.6 Å². The third-order valence-corrected chi connectivity index (χ3v) is 6.56. The lowest BCUT2D eigenvalue weighted by Gasteiger charge is -2.11. The van der Waals surface area contributed by atoms with Crippen LogP contribution in [0.5, 0.6) is 0 Å². The molecule has 30 heavy (non-hydrogen) atoms. The van der Waals surface area contributed by atoms with Crippen LogP contribution < -0.4 is 10.5 Å². The van der Waals surface area contributed by atoms with E-state index in [0.717, 1.165) is 49.4 Å². The fraction of sp³-hybridized carbons (Fsp3) is 0.250. The van der Waals surface area contributed by atoms with Crippen LogP contribution in [0.3, 0.4) is 0 Å². The maximum atomic E-state index is 12.9. The molecule has 5 rings (SSSR count). The van der Waals surface area contributed by atoms with Crippen molar-refractivity contribution in [2.45, 2.75) is 37.1 Å². The van der Waals surface area contributed by atoms with Crippen molar-refractivity contribution in [3.05, 3.63) is 58.8 Å². The Hall–Kier alpha value is -3.40. The molecule has 0 saturated carbocycles. The van der Waals surface area contributed by atoms with Gasteiger partial charge in [-0.2, -0.15) is 0 Å². The number of aromatic nitrogens is 4. The van der Waals surface area contributed by atoms with E-state index in [1.807, 2.05) is 6.07 Å². The Balaban J connectivity index is 1.47. The molecular formula is C20H19N5O4S. The van der Waals surface area contributed by atoms with Crippen LogP contribution in [0, 0.1) is 0 Å². The Bertz CT molecular complexity index is 1400. The minimum Gasteiger partial charge on any atom is -0.408 e. The zero-order chi connectivity index (χ0) is 20.7. The van der Waals surface area contributed by atoms with Crippen molar-refractivity contribution >= 4 is 26.8 Å². The van der Waals surface area contributed by atoms with Crippen LogP contribution in [0.4, 0.5) is 5.69 Å². The van der Waals surface area contributed by atoms with Crippen molar-refractivity contribution in [2.24, 2.45) is 0 Å². The molecule has 0 atom stereocenters. The second kappa shape index (κ2) is 7.13. The molecule has 9 nitrogen and oxygen atoms in total. The molecule has 0 unspecified atom stereocenters. The molecule has 0 fully saturated rings. The number of nitrogens with one attached hydrogen (secondary N) is 2. The molecule has 0 spiro atoms. The molecule has 4 aromatic rings. The van der Waals surface area contributed by atoms with Crippen molar-refractivity contribution in [2.75, 3.05) is 4.72 Å². The van der Waals surface area contributed by atoms with E-state index in [9.17, 15) is 13.2 Å². The molecule has 154 valence electrons. The predicted molar refractivity (Wildman–Crippen MR) is 111 cm³/mol. The molecule has 1 aliphatic rings. The highest BCUT2D eigenvalue weighted by molar-refractivity contribution is 7.92. The third kappa shape index (κ3) is 3.39. The average molecular weight is 425 g/mol. The van der Waals surface area contributed by atoms with E-state index < -0.39 is 15.8 Å². The normalized spacial score (nSPS) is 14.4. The summed E-state index contributed by atoms with van der Waals surface area (Å²) in [4.78, 5) is 13.8. The monoisotopic (exact) mass is 425 g/mol. The molecule has 2 aromatic carbocycles. The van der Waals surface area contributed by atoms with Gasteiger partial charge < -0.3 is 8.98 Å². The SMILES string of the molecule is O=c1[nH]c2ccc(S(=O)(=O)Nc3cccc(-c4nnc5n4CCCCC5)c3)cc2o1. The zero-order valence-electron chi connectivity index (χ0n) is 16.0. The van der Waals surface area contributed by atoms with Crippen LogP contribution in [0.25, 0.3) is 22.5 Å². The number of fused-ring (bicyclic) bond motifs is 2. The molecule has 0 bridgehead atoms. The number of benzene rings is 2. The van der Waals surface area contributed by atoms with Crippen molar-refractivity contribution < 1.29 is 12.8 Å². The largest absolute Gasteiger partial charge is 0.417 e. The predicted octanol–water partition coefficient (Wildman–Crippen LogP) is 2.91. The lowest BCUT2D eigenvalue weighted by molar-refractivity contribution is 0.554. The van der Waals surface area contributed by atoms with Crippen LogP contribution in [-0.4, -0.2) is 28.2 Å². The van der Waals surface area contributed by atoms with Crippen LogP contribution in [0.15, 0.2) is 56.6 Å². The minimum atomic E-state index is -3.87. The zero-order valence-corrected chi connectivity index (χ0v) is 16.8. The fourth-order valence-electron chi connectivity index (χ4n) is 3.73. The fourth-order valence-corrected chi connectivity index (χ4v) is 4.79. The Morgan fingerprint density at radius 2 is 1.97 bits per heavy atom. The highest BCUT2D eigenvalue weighted by atomic mass is 32.2. The quantitative estimate of drug-likeness (QED) is 0.518. The first-order chi connectivity index (χ1) is 14.5. The van der Waals surface area contributed by atoms with E-state index in [2.05, 4.69) is 24.5 Å². The van der Waals surface area contributed by atoms with Crippen molar-refractivity contribution in [3.63, 3.8) is 0 Å². The summed E-state index contributed by atoms with van der Waals surface area (Å²) < 4.78 is 35.4. The Kier molecular flexibility index (Phi) is 4.43. The number of rotatable bonds is 4. The molecule has 0 saturated heterocycles. The summed E-state index contributed by atoms with van der Waals surface area (Å²) in [7, 11) is -3.87. The summed E-state index contributed by atoms with van der Waals surface area (Å²) in [6.07, 6.45) is 4.23. The summed E-state index contributed by atoms with van der Waals surface area (Å²) in [5, 5.41) is 8.64. The van der Waals surface area contributed by atoms with Gasteiger partial charge in [-0.05, 0) is 37.1 Å². The standard InChI is InChI=1S/C20H19N5O4S/c26-20-21-16-9-8-15(12-17(16)29-20)30(27,28)24-14-6-4-5-13(11-14)19-23-22-18-7-2-1-3-10-25(18)19/h4-6,8-9,11-12,24H,1-3,7,10H2,(H,21,26). The molecule has 2 N–H and O–H groups in total. The first-order valence-corrected chi connectivity index (χ1v) is 11.2. The highest BCUT2D eigenvalue weighted by Gasteiger charge is 2.19. The topological polar surface area (TPSA) is 123 Å². The molecule has 3 heterocycles. The van der Waals surface area contributed by atoms with Gasteiger partial charge in [0.1, 0.15) is 5.82 Å². The lowest BCUT2D eigenvalue weighted by atomic mass is 10.2. The number of hydrogen-bond donors (Lipinski definition) is 2. The third-order valence-electron chi connectivity index (χ3n) is 5.19. The van der Waals surface area contributed by atoms with E-state index in [0.29, 0.717) is 11.2 Å². The summed E-state index contributed by atoms with van der Waals surface area (Å²) in [5.74, 6) is 1.07. The first kappa shape index (κ1) is 18.6. The Labute approximate surface area is 171 Å². The molecule has 10 heteroatoms. The van der Waals surface area contributed by atoms with Crippen molar-refractivity contribution in [1.82, 2.24) is 19.7 Å². The van der Waals surface area contributed by atoms with E-state index >= 15 is 0 Å². The van der Waals surface area contributed by atoms with Gasteiger partial charge in [-0.3, -0.25) is 9.71 Å². The van der Waals surface area contributed by atoms with Gasteiger partial charge in [0.15, 0.2) is 11.4 Å². The van der Waals surface area contributed by atoms with Crippen molar-refractivity contribution in [1.29, 1.82) is 0 Å². The summed E-state index contributed by atoms with van der Waals surface area (Å²) >= 11 is 0. The lowest BCUT2D eigenvalue weighted by Crippen LogP contribution is -2.13. The number of aromatic amines is 1. The smallest absolute Gasteiger partial charge is 0.408 e. The van der Waals surface area contributed by atoms with Gasteiger partial charge in [-0.15, -0.1) is 10.2 Å². The van der Waals surface area contributed by atoms with E-state index in [-0.39, 0.29) is 10.5 Å². The summed E-state index contributed by atoms with van der Waals surface area (Å²) in [5.41, 5.74) is 1.83. The maximum Gasteiger partial charge on any atom is 0.417 e. The minimum absolute atomic E-state index is 0.000465. The van der Waals surface area contributed by atoms with Crippen LogP contribution in [-0.2, 0) is 23.0 Å². The van der Waals surface area contributed by atoms with Crippen LogP contribution in [0.2, 0.25) is 0 Å². The molecule has 0 aliphatic carbocycles. The molecular weight excluding hydrogens is 406 g/mol. The molecule has 0 amide bonds. The van der Waals surface area contributed by atoms with Crippen LogP contribution >= 0.6 is 0 Å². The van der Waals surface area contributed by atoms with Crippen molar-refractivity contribution in [3.8, 4) is 11.4 Å². The average Bonchev–Trinajstić information content (AvgIpc) is 3.21. The van der Waals surface area contributed by atoms with Gasteiger partial charge in [0.2, 0.25) is 0 Å².